The van der Waals surface area contributed by atoms with Gasteiger partial charge < -0.3 is 10.7 Å². The number of anilines is 1. The molecule has 1 aromatic carbocycles. The summed E-state index contributed by atoms with van der Waals surface area (Å²) in [4.78, 5) is 21.4. The maximum absolute atomic E-state index is 11.3. The lowest BCUT2D eigenvalue weighted by Gasteiger charge is -2.07. The monoisotopic (exact) mass is 210 g/mol. The molecule has 0 aliphatic carbocycles. The van der Waals surface area contributed by atoms with Crippen LogP contribution < -0.4 is 16.6 Å². The first-order valence-corrected chi connectivity index (χ1v) is 4.08. The first kappa shape index (κ1) is 10.9. The molecule has 0 unspecified atom stereocenters. The molecular weight excluding hydrogens is 200 g/mol. The summed E-state index contributed by atoms with van der Waals surface area (Å²) < 4.78 is 0. The quantitative estimate of drug-likeness (QED) is 0.376. The number of nitro groups is 1. The van der Waals surface area contributed by atoms with Crippen molar-refractivity contribution in [1.82, 2.24) is 5.32 Å². The number of nitrogens with zero attached hydrogens (tertiary/aromatic N) is 1. The zero-order valence-corrected chi connectivity index (χ0v) is 7.98. The van der Waals surface area contributed by atoms with Crippen molar-refractivity contribution in [3.8, 4) is 0 Å². The highest BCUT2D eigenvalue weighted by Gasteiger charge is 2.19. The van der Waals surface area contributed by atoms with E-state index in [1.54, 1.807) is 0 Å². The average molecular weight is 210 g/mol. The summed E-state index contributed by atoms with van der Waals surface area (Å²) >= 11 is 0. The smallest absolute Gasteiger partial charge is 0.294 e. The van der Waals surface area contributed by atoms with E-state index in [1.807, 2.05) is 0 Å². The van der Waals surface area contributed by atoms with Crippen molar-refractivity contribution in [3.63, 3.8) is 0 Å². The molecule has 4 N–H and O–H groups in total. The van der Waals surface area contributed by atoms with Crippen LogP contribution in [-0.4, -0.2) is 17.9 Å². The van der Waals surface area contributed by atoms with Crippen molar-refractivity contribution in [2.75, 3.05) is 12.5 Å². The van der Waals surface area contributed by atoms with Crippen LogP contribution in [0.3, 0.4) is 0 Å². The molecule has 15 heavy (non-hydrogen) atoms. The molecule has 0 saturated heterocycles. The largest absolute Gasteiger partial charge is 0.355 e. The Hall–Kier alpha value is -2.15. The molecule has 0 aromatic heterocycles. The minimum atomic E-state index is -0.609. The Balaban J connectivity index is 3.34. The SMILES string of the molecule is CNC(=O)c1cccc([N+](=O)[O-])c1NN. The third-order valence-corrected chi connectivity index (χ3v) is 1.86. The molecular formula is C8H10N4O3. The number of nitrogens with two attached hydrogens (primary N) is 1. The van der Waals surface area contributed by atoms with Crippen molar-refractivity contribution in [1.29, 1.82) is 0 Å². The topological polar surface area (TPSA) is 110 Å². The molecule has 7 nitrogen and oxygen atoms in total. The summed E-state index contributed by atoms with van der Waals surface area (Å²) in [5.41, 5.74) is 2.06. The van der Waals surface area contributed by atoms with Crippen molar-refractivity contribution >= 4 is 17.3 Å². The Morgan fingerprint density at radius 2 is 2.20 bits per heavy atom. The minimum absolute atomic E-state index is 0.00171. The van der Waals surface area contributed by atoms with E-state index in [1.165, 1.54) is 25.2 Å². The Labute approximate surface area is 85.4 Å². The maximum atomic E-state index is 11.3. The normalized spacial score (nSPS) is 9.47. The fourth-order valence-corrected chi connectivity index (χ4v) is 1.17. The summed E-state index contributed by atoms with van der Waals surface area (Å²) in [5.74, 6) is 4.71. The summed E-state index contributed by atoms with van der Waals surface area (Å²) in [7, 11) is 1.43. The predicted molar refractivity (Wildman–Crippen MR) is 54.3 cm³/mol. The van der Waals surface area contributed by atoms with Gasteiger partial charge in [-0.15, -0.1) is 0 Å². The molecule has 0 aliphatic heterocycles. The summed E-state index contributed by atoms with van der Waals surface area (Å²) in [5, 5.41) is 13.0. The molecule has 0 spiro atoms. The first-order valence-electron chi connectivity index (χ1n) is 4.08. The Bertz CT molecular complexity index is 405. The molecule has 0 aliphatic rings. The zero-order chi connectivity index (χ0) is 11.4. The molecule has 7 heteroatoms. The molecule has 0 radical (unpaired) electrons. The fourth-order valence-electron chi connectivity index (χ4n) is 1.17. The van der Waals surface area contributed by atoms with E-state index in [4.69, 9.17) is 5.84 Å². The number of hydrogen-bond acceptors (Lipinski definition) is 5. The lowest BCUT2D eigenvalue weighted by atomic mass is 10.1. The van der Waals surface area contributed by atoms with E-state index in [0.29, 0.717) is 0 Å². The molecule has 0 atom stereocenters. The standard InChI is InChI=1S/C8H10N4O3/c1-10-8(13)5-3-2-4-6(12(14)15)7(5)11-9/h2-4,11H,9H2,1H3,(H,10,13). The number of nitrogen functional groups attached to an aromatic ring is 1. The van der Waals surface area contributed by atoms with Gasteiger partial charge in [0.15, 0.2) is 0 Å². The van der Waals surface area contributed by atoms with Crippen molar-refractivity contribution in [2.45, 2.75) is 0 Å². The molecule has 0 bridgehead atoms. The van der Waals surface area contributed by atoms with Gasteiger partial charge in [-0.1, -0.05) is 6.07 Å². The number of nitro benzene ring substituents is 1. The fraction of sp³-hybridized carbons (Fsp3) is 0.125. The number of rotatable bonds is 3. The van der Waals surface area contributed by atoms with Crippen molar-refractivity contribution < 1.29 is 9.72 Å². The second-order valence-corrected chi connectivity index (χ2v) is 2.68. The van der Waals surface area contributed by atoms with Crippen LogP contribution in [0, 0.1) is 10.1 Å². The molecule has 0 saturated carbocycles. The van der Waals surface area contributed by atoms with Gasteiger partial charge in [-0.25, -0.2) is 0 Å². The number of hydrogen-bond donors (Lipinski definition) is 3. The second-order valence-electron chi connectivity index (χ2n) is 2.68. The number of carbonyl (C=O) groups excluding carboxylic acids is 1. The molecule has 80 valence electrons. The summed E-state index contributed by atoms with van der Waals surface area (Å²) in [6.45, 7) is 0. The van der Waals surface area contributed by atoms with Gasteiger partial charge in [-0.2, -0.15) is 0 Å². The Kier molecular flexibility index (Phi) is 3.19. The van der Waals surface area contributed by atoms with E-state index in [-0.39, 0.29) is 16.9 Å². The van der Waals surface area contributed by atoms with Gasteiger partial charge in [-0.3, -0.25) is 20.8 Å². The highest BCUT2D eigenvalue weighted by atomic mass is 16.6. The van der Waals surface area contributed by atoms with Crippen LogP contribution in [0.4, 0.5) is 11.4 Å². The Morgan fingerprint density at radius 1 is 1.53 bits per heavy atom. The number of carbonyl (C=O) groups is 1. The van der Waals surface area contributed by atoms with E-state index in [0.717, 1.165) is 0 Å². The second kappa shape index (κ2) is 4.38. The van der Waals surface area contributed by atoms with Gasteiger partial charge in [0.25, 0.3) is 11.6 Å². The molecule has 0 heterocycles. The number of para-hydroxylation sites is 1. The van der Waals surface area contributed by atoms with Crippen LogP contribution in [0.5, 0.6) is 0 Å². The Morgan fingerprint density at radius 3 is 2.67 bits per heavy atom. The van der Waals surface area contributed by atoms with Crippen LogP contribution in [0.2, 0.25) is 0 Å². The van der Waals surface area contributed by atoms with E-state index < -0.39 is 10.8 Å². The highest BCUT2D eigenvalue weighted by molar-refractivity contribution is 6.01. The van der Waals surface area contributed by atoms with E-state index in [9.17, 15) is 14.9 Å². The van der Waals surface area contributed by atoms with Gasteiger partial charge in [-0.05, 0) is 6.07 Å². The maximum Gasteiger partial charge on any atom is 0.294 e. The van der Waals surface area contributed by atoms with Crippen LogP contribution in [-0.2, 0) is 0 Å². The number of amides is 1. The zero-order valence-electron chi connectivity index (χ0n) is 7.98. The van der Waals surface area contributed by atoms with Crippen LogP contribution >= 0.6 is 0 Å². The number of hydrazine groups is 1. The van der Waals surface area contributed by atoms with Gasteiger partial charge in [0.05, 0.1) is 10.5 Å². The van der Waals surface area contributed by atoms with Gasteiger partial charge in [0.1, 0.15) is 5.69 Å². The van der Waals surface area contributed by atoms with Gasteiger partial charge >= 0.3 is 0 Å². The van der Waals surface area contributed by atoms with E-state index in [2.05, 4.69) is 10.7 Å². The summed E-state index contributed by atoms with van der Waals surface area (Å²) in [6.07, 6.45) is 0. The van der Waals surface area contributed by atoms with Crippen LogP contribution in [0.25, 0.3) is 0 Å². The van der Waals surface area contributed by atoms with E-state index >= 15 is 0 Å². The van der Waals surface area contributed by atoms with Crippen molar-refractivity contribution in [2.24, 2.45) is 5.84 Å². The molecule has 0 fully saturated rings. The lowest BCUT2D eigenvalue weighted by molar-refractivity contribution is -0.384. The third kappa shape index (κ3) is 2.02. The first-order chi connectivity index (χ1) is 7.11. The van der Waals surface area contributed by atoms with Crippen LogP contribution in [0.1, 0.15) is 10.4 Å². The molecule has 1 aromatic rings. The number of benzene rings is 1. The van der Waals surface area contributed by atoms with Crippen LogP contribution in [0.15, 0.2) is 18.2 Å². The predicted octanol–water partition coefficient (Wildman–Crippen LogP) is 0.240. The average Bonchev–Trinajstić information content (AvgIpc) is 2.26. The minimum Gasteiger partial charge on any atom is -0.355 e. The molecule has 1 rings (SSSR count). The molecule has 1 amide bonds. The number of nitrogens with one attached hydrogen (secondary N) is 2. The third-order valence-electron chi connectivity index (χ3n) is 1.86. The van der Waals surface area contributed by atoms with Crippen molar-refractivity contribution in [3.05, 3.63) is 33.9 Å². The lowest BCUT2D eigenvalue weighted by Crippen LogP contribution is -2.21. The highest BCUT2D eigenvalue weighted by Crippen LogP contribution is 2.26. The van der Waals surface area contributed by atoms with Gasteiger partial charge in [0.2, 0.25) is 0 Å². The van der Waals surface area contributed by atoms with Gasteiger partial charge in [0, 0.05) is 13.1 Å². The summed E-state index contributed by atoms with van der Waals surface area (Å²) in [6, 6.07) is 4.13.